The van der Waals surface area contributed by atoms with E-state index in [0.717, 1.165) is 17.9 Å². The van der Waals surface area contributed by atoms with Crippen LogP contribution in [0.5, 0.6) is 0 Å². The van der Waals surface area contributed by atoms with Crippen molar-refractivity contribution in [3.05, 3.63) is 0 Å². The van der Waals surface area contributed by atoms with Crippen molar-refractivity contribution in [1.82, 2.24) is 0 Å². The first-order chi connectivity index (χ1) is 5.61. The molecular formula is C9H19NOS. The second-order valence-corrected chi connectivity index (χ2v) is 4.94. The topological polar surface area (TPSA) is 46.2 Å². The van der Waals surface area contributed by atoms with Gasteiger partial charge in [-0.05, 0) is 36.3 Å². The highest BCUT2D eigenvalue weighted by atomic mass is 32.2. The molecule has 0 aromatic rings. The van der Waals surface area contributed by atoms with Gasteiger partial charge in [-0.3, -0.25) is 0 Å². The standard InChI is InChI=1S/C9H19NOS/c1-7-5-12-6-8(2)9(7,11)3-4-10/h7-8,11H,3-6,10H2,1-2H3. The van der Waals surface area contributed by atoms with Crippen molar-refractivity contribution in [3.8, 4) is 0 Å². The SMILES string of the molecule is CC1CSCC(C)C1(O)CCN. The lowest BCUT2D eigenvalue weighted by Crippen LogP contribution is -2.49. The third-order valence-corrected chi connectivity index (χ3v) is 4.46. The molecule has 1 heterocycles. The minimum absolute atomic E-state index is 0.384. The summed E-state index contributed by atoms with van der Waals surface area (Å²) in [7, 11) is 0. The molecule has 1 aliphatic rings. The summed E-state index contributed by atoms with van der Waals surface area (Å²) in [5.41, 5.74) is 5.00. The van der Waals surface area contributed by atoms with Gasteiger partial charge in [0.1, 0.15) is 0 Å². The van der Waals surface area contributed by atoms with Gasteiger partial charge in [0, 0.05) is 0 Å². The van der Waals surface area contributed by atoms with Crippen LogP contribution in [0, 0.1) is 11.8 Å². The van der Waals surface area contributed by atoms with Crippen molar-refractivity contribution >= 4 is 11.8 Å². The van der Waals surface area contributed by atoms with E-state index >= 15 is 0 Å². The van der Waals surface area contributed by atoms with Crippen molar-refractivity contribution in [2.45, 2.75) is 25.9 Å². The lowest BCUT2D eigenvalue weighted by atomic mass is 9.77. The zero-order chi connectivity index (χ0) is 9.19. The molecule has 12 heavy (non-hydrogen) atoms. The molecular weight excluding hydrogens is 170 g/mol. The Morgan fingerprint density at radius 3 is 2.33 bits per heavy atom. The molecule has 1 fully saturated rings. The Kier molecular flexibility index (Phi) is 3.44. The molecule has 0 aliphatic carbocycles. The molecule has 72 valence electrons. The lowest BCUT2D eigenvalue weighted by Gasteiger charge is -2.42. The molecule has 1 rings (SSSR count). The number of hydrogen-bond donors (Lipinski definition) is 2. The summed E-state index contributed by atoms with van der Waals surface area (Å²) in [5.74, 6) is 2.91. The first-order valence-electron chi connectivity index (χ1n) is 4.61. The van der Waals surface area contributed by atoms with Crippen molar-refractivity contribution in [2.24, 2.45) is 17.6 Å². The summed E-state index contributed by atoms with van der Waals surface area (Å²) in [6.07, 6.45) is 0.746. The highest BCUT2D eigenvalue weighted by Crippen LogP contribution is 2.38. The normalized spacial score (nSPS) is 43.0. The molecule has 1 saturated heterocycles. The van der Waals surface area contributed by atoms with E-state index in [9.17, 15) is 5.11 Å². The fourth-order valence-electron chi connectivity index (χ4n) is 1.92. The number of thioether (sulfide) groups is 1. The van der Waals surface area contributed by atoms with E-state index in [1.54, 1.807) is 0 Å². The third kappa shape index (κ3) is 1.78. The predicted octanol–water partition coefficient (Wildman–Crippen LogP) is 1.09. The van der Waals surface area contributed by atoms with E-state index in [2.05, 4.69) is 13.8 Å². The molecule has 3 N–H and O–H groups in total. The molecule has 0 spiro atoms. The molecule has 0 radical (unpaired) electrons. The van der Waals surface area contributed by atoms with Crippen molar-refractivity contribution in [1.29, 1.82) is 0 Å². The zero-order valence-corrected chi connectivity index (χ0v) is 8.73. The van der Waals surface area contributed by atoms with Crippen LogP contribution in [0.4, 0.5) is 0 Å². The Balaban J connectivity index is 2.66. The monoisotopic (exact) mass is 189 g/mol. The van der Waals surface area contributed by atoms with E-state index in [4.69, 9.17) is 5.73 Å². The third-order valence-electron chi connectivity index (χ3n) is 2.99. The molecule has 2 unspecified atom stereocenters. The van der Waals surface area contributed by atoms with Gasteiger partial charge in [0.25, 0.3) is 0 Å². The fourth-order valence-corrected chi connectivity index (χ4v) is 3.34. The summed E-state index contributed by atoms with van der Waals surface area (Å²) in [4.78, 5) is 0. The second kappa shape index (κ2) is 3.99. The van der Waals surface area contributed by atoms with Crippen LogP contribution in [0.2, 0.25) is 0 Å². The van der Waals surface area contributed by atoms with Gasteiger partial charge < -0.3 is 10.8 Å². The molecule has 0 aromatic heterocycles. The number of hydrogen-bond acceptors (Lipinski definition) is 3. The van der Waals surface area contributed by atoms with Crippen LogP contribution < -0.4 is 5.73 Å². The van der Waals surface area contributed by atoms with Crippen LogP contribution in [-0.4, -0.2) is 28.8 Å². The Morgan fingerprint density at radius 2 is 1.92 bits per heavy atom. The first kappa shape index (κ1) is 10.4. The van der Waals surface area contributed by atoms with Gasteiger partial charge in [-0.2, -0.15) is 11.8 Å². The smallest absolute Gasteiger partial charge is 0.0726 e. The molecule has 0 bridgehead atoms. The van der Waals surface area contributed by atoms with Gasteiger partial charge in [0.05, 0.1) is 5.60 Å². The van der Waals surface area contributed by atoms with Crippen LogP contribution in [0.1, 0.15) is 20.3 Å². The Bertz CT molecular complexity index is 141. The Morgan fingerprint density at radius 1 is 1.42 bits per heavy atom. The van der Waals surface area contributed by atoms with Gasteiger partial charge in [-0.1, -0.05) is 13.8 Å². The molecule has 1 aliphatic heterocycles. The van der Waals surface area contributed by atoms with E-state index in [1.807, 2.05) is 11.8 Å². The van der Waals surface area contributed by atoms with Crippen molar-refractivity contribution < 1.29 is 5.11 Å². The minimum atomic E-state index is -0.500. The quantitative estimate of drug-likeness (QED) is 0.683. The summed E-state index contributed by atoms with van der Waals surface area (Å²) in [5, 5.41) is 10.3. The number of nitrogens with two attached hydrogens (primary N) is 1. The predicted molar refractivity (Wildman–Crippen MR) is 54.3 cm³/mol. The first-order valence-corrected chi connectivity index (χ1v) is 5.77. The van der Waals surface area contributed by atoms with Crippen LogP contribution in [0.3, 0.4) is 0 Å². The van der Waals surface area contributed by atoms with Gasteiger partial charge in [-0.25, -0.2) is 0 Å². The average Bonchev–Trinajstić information content (AvgIpc) is 2.02. The highest BCUT2D eigenvalue weighted by Gasteiger charge is 2.41. The fraction of sp³-hybridized carbons (Fsp3) is 1.00. The van der Waals surface area contributed by atoms with Crippen molar-refractivity contribution in [3.63, 3.8) is 0 Å². The maximum absolute atomic E-state index is 10.3. The highest BCUT2D eigenvalue weighted by molar-refractivity contribution is 7.99. The maximum atomic E-state index is 10.3. The van der Waals surface area contributed by atoms with E-state index in [-0.39, 0.29) is 0 Å². The summed E-state index contributed by atoms with van der Waals surface area (Å²) >= 11 is 1.94. The Labute approximate surface area is 78.9 Å². The molecule has 0 aromatic carbocycles. The maximum Gasteiger partial charge on any atom is 0.0726 e. The number of aliphatic hydroxyl groups is 1. The molecule has 2 nitrogen and oxygen atoms in total. The average molecular weight is 189 g/mol. The van der Waals surface area contributed by atoms with E-state index in [0.29, 0.717) is 18.4 Å². The Hall–Kier alpha value is 0.270. The molecule has 0 saturated carbocycles. The van der Waals surface area contributed by atoms with Gasteiger partial charge in [-0.15, -0.1) is 0 Å². The summed E-state index contributed by atoms with van der Waals surface area (Å²) in [6, 6.07) is 0. The van der Waals surface area contributed by atoms with Crippen molar-refractivity contribution in [2.75, 3.05) is 18.1 Å². The van der Waals surface area contributed by atoms with Crippen LogP contribution in [0.25, 0.3) is 0 Å². The van der Waals surface area contributed by atoms with E-state index in [1.165, 1.54) is 0 Å². The minimum Gasteiger partial charge on any atom is -0.389 e. The van der Waals surface area contributed by atoms with Gasteiger partial charge in [0.2, 0.25) is 0 Å². The van der Waals surface area contributed by atoms with Gasteiger partial charge in [0.15, 0.2) is 0 Å². The van der Waals surface area contributed by atoms with E-state index < -0.39 is 5.60 Å². The summed E-state index contributed by atoms with van der Waals surface area (Å²) < 4.78 is 0. The van der Waals surface area contributed by atoms with Crippen LogP contribution in [-0.2, 0) is 0 Å². The van der Waals surface area contributed by atoms with Gasteiger partial charge >= 0.3 is 0 Å². The summed E-state index contributed by atoms with van der Waals surface area (Å²) in [6.45, 7) is 4.84. The lowest BCUT2D eigenvalue weighted by molar-refractivity contribution is -0.0519. The molecule has 2 atom stereocenters. The largest absolute Gasteiger partial charge is 0.389 e. The second-order valence-electron chi connectivity index (χ2n) is 3.87. The molecule has 0 amide bonds. The van der Waals surface area contributed by atoms with Crippen LogP contribution >= 0.6 is 11.8 Å². The zero-order valence-electron chi connectivity index (χ0n) is 7.92. The van der Waals surface area contributed by atoms with Crippen LogP contribution in [0.15, 0.2) is 0 Å². The molecule has 3 heteroatoms. The number of rotatable bonds is 2.